The summed E-state index contributed by atoms with van der Waals surface area (Å²) in [5.41, 5.74) is 7.06. The van der Waals surface area contributed by atoms with E-state index >= 15 is 0 Å². The lowest BCUT2D eigenvalue weighted by Gasteiger charge is -2.30. The van der Waals surface area contributed by atoms with Gasteiger partial charge in [0.25, 0.3) is 0 Å². The summed E-state index contributed by atoms with van der Waals surface area (Å²) in [6.45, 7) is 0. The maximum atomic E-state index is 6.70. The molecule has 3 heterocycles. The van der Waals surface area contributed by atoms with E-state index in [9.17, 15) is 0 Å². The Morgan fingerprint density at radius 2 is 1.12 bits per heavy atom. The van der Waals surface area contributed by atoms with E-state index in [1.165, 1.54) is 64.0 Å². The molecule has 0 spiro atoms. The average molecular weight is 645 g/mol. The van der Waals surface area contributed by atoms with Crippen LogP contribution in [-0.2, 0) is 4.74 Å². The van der Waals surface area contributed by atoms with Crippen molar-refractivity contribution in [3.63, 3.8) is 0 Å². The van der Waals surface area contributed by atoms with Gasteiger partial charge in [-0.25, -0.2) is 0 Å². The lowest BCUT2D eigenvalue weighted by molar-refractivity contribution is 0.357. The van der Waals surface area contributed by atoms with Crippen LogP contribution in [0.25, 0.3) is 75.6 Å². The van der Waals surface area contributed by atoms with Crippen molar-refractivity contribution in [2.75, 3.05) is 0 Å². The van der Waals surface area contributed by atoms with Gasteiger partial charge < -0.3 is 9.15 Å². The molecule has 0 radical (unpaired) electrons. The molecule has 0 amide bonds. The number of para-hydroxylation sites is 1. The zero-order valence-electron chi connectivity index (χ0n) is 26.4. The van der Waals surface area contributed by atoms with E-state index in [0.29, 0.717) is 0 Å². The number of hydrogen-bond acceptors (Lipinski definition) is 3. The van der Waals surface area contributed by atoms with Gasteiger partial charge in [-0.1, -0.05) is 127 Å². The highest BCUT2D eigenvalue weighted by atomic mass is 32.1. The lowest BCUT2D eigenvalue weighted by Crippen LogP contribution is -2.18. The summed E-state index contributed by atoms with van der Waals surface area (Å²) < 4.78 is 15.9. The summed E-state index contributed by atoms with van der Waals surface area (Å²) in [5, 5.41) is 8.84. The van der Waals surface area contributed by atoms with Crippen molar-refractivity contribution in [2.45, 2.75) is 5.92 Å². The number of thiophene rings is 1. The summed E-state index contributed by atoms with van der Waals surface area (Å²) in [6, 6.07) is 52.6. The first-order valence-corrected chi connectivity index (χ1v) is 17.6. The fourth-order valence-electron chi connectivity index (χ4n) is 8.45. The molecular weight excluding hydrogens is 617 g/mol. The van der Waals surface area contributed by atoms with E-state index in [2.05, 4.69) is 152 Å². The van der Waals surface area contributed by atoms with Crippen LogP contribution in [0.1, 0.15) is 28.4 Å². The molecular formula is C46H28O2S. The van der Waals surface area contributed by atoms with Crippen molar-refractivity contribution in [1.82, 2.24) is 0 Å². The molecule has 2 aliphatic rings. The van der Waals surface area contributed by atoms with E-state index in [4.69, 9.17) is 9.15 Å². The van der Waals surface area contributed by atoms with Crippen molar-refractivity contribution in [3.8, 4) is 11.1 Å². The van der Waals surface area contributed by atoms with Crippen LogP contribution >= 0.6 is 11.3 Å². The standard InChI is InChI=1S/C46H28O2S/c1-2-12-27(13-3-1)38-25-36-39(48-38)26-40-45(35-19-8-10-20-37(35)47-40)46(36)44-33-17-6-4-15-31(33)43(32-16-5-7-18-34(32)44)28-22-23-30-29-14-9-11-21-41(29)49-42(30)24-28/h1-26,36,46H. The maximum absolute atomic E-state index is 6.70. The molecule has 7 aromatic carbocycles. The first-order valence-electron chi connectivity index (χ1n) is 16.8. The van der Waals surface area contributed by atoms with Crippen LogP contribution in [0.5, 0.6) is 0 Å². The van der Waals surface area contributed by atoms with Gasteiger partial charge in [-0.3, -0.25) is 0 Å². The molecule has 49 heavy (non-hydrogen) atoms. The van der Waals surface area contributed by atoms with Crippen LogP contribution in [0.2, 0.25) is 0 Å². The molecule has 0 fully saturated rings. The van der Waals surface area contributed by atoms with Crippen molar-refractivity contribution >= 4 is 75.9 Å². The van der Waals surface area contributed by atoms with Crippen LogP contribution in [0.3, 0.4) is 0 Å². The molecule has 230 valence electrons. The van der Waals surface area contributed by atoms with Crippen molar-refractivity contribution in [2.24, 2.45) is 5.92 Å². The predicted molar refractivity (Wildman–Crippen MR) is 205 cm³/mol. The molecule has 0 saturated heterocycles. The summed E-state index contributed by atoms with van der Waals surface area (Å²) in [7, 11) is 0. The molecule has 9 aromatic rings. The number of benzene rings is 7. The molecule has 2 aromatic heterocycles. The van der Waals surface area contributed by atoms with Crippen LogP contribution in [0, 0.1) is 5.92 Å². The zero-order valence-corrected chi connectivity index (χ0v) is 27.2. The smallest absolute Gasteiger partial charge is 0.135 e. The third-order valence-electron chi connectivity index (χ3n) is 10.5. The summed E-state index contributed by atoms with van der Waals surface area (Å²) in [4.78, 5) is 0. The van der Waals surface area contributed by atoms with Crippen molar-refractivity contribution in [3.05, 3.63) is 180 Å². The summed E-state index contributed by atoms with van der Waals surface area (Å²) in [6.07, 6.45) is 4.46. The van der Waals surface area contributed by atoms with E-state index in [0.717, 1.165) is 33.8 Å². The zero-order chi connectivity index (χ0) is 32.1. The minimum absolute atomic E-state index is 0.0104. The number of furan rings is 1. The molecule has 0 N–H and O–H groups in total. The third-order valence-corrected chi connectivity index (χ3v) is 11.6. The Hall–Kier alpha value is -5.90. The lowest BCUT2D eigenvalue weighted by atomic mass is 9.72. The molecule has 2 atom stereocenters. The highest BCUT2D eigenvalue weighted by molar-refractivity contribution is 7.25. The molecule has 2 nitrogen and oxygen atoms in total. The third kappa shape index (κ3) is 3.94. The Kier molecular flexibility index (Phi) is 5.69. The van der Waals surface area contributed by atoms with Crippen molar-refractivity contribution in [1.29, 1.82) is 0 Å². The number of allylic oxidation sites excluding steroid dienone is 1. The van der Waals surface area contributed by atoms with Gasteiger partial charge in [0.15, 0.2) is 0 Å². The van der Waals surface area contributed by atoms with E-state index < -0.39 is 0 Å². The minimum Gasteiger partial charge on any atom is -0.461 e. The van der Waals surface area contributed by atoms with Gasteiger partial charge in [-0.05, 0) is 62.5 Å². The van der Waals surface area contributed by atoms with E-state index in [1.807, 2.05) is 17.4 Å². The topological polar surface area (TPSA) is 22.4 Å². The van der Waals surface area contributed by atoms with Crippen LogP contribution in [0.15, 0.2) is 162 Å². The number of rotatable bonds is 3. The Morgan fingerprint density at radius 3 is 1.90 bits per heavy atom. The normalized spacial score (nSPS) is 17.0. The van der Waals surface area contributed by atoms with Crippen molar-refractivity contribution < 1.29 is 9.15 Å². The van der Waals surface area contributed by atoms with Gasteiger partial charge >= 0.3 is 0 Å². The summed E-state index contributed by atoms with van der Waals surface area (Å²) >= 11 is 1.87. The largest absolute Gasteiger partial charge is 0.461 e. The first-order chi connectivity index (χ1) is 24.3. The van der Waals surface area contributed by atoms with Crippen LogP contribution in [0.4, 0.5) is 0 Å². The molecule has 3 heteroatoms. The quantitative estimate of drug-likeness (QED) is 0.179. The Balaban J connectivity index is 1.22. The van der Waals surface area contributed by atoms with Crippen LogP contribution < -0.4 is 0 Å². The fourth-order valence-corrected chi connectivity index (χ4v) is 9.60. The minimum atomic E-state index is -0.0196. The van der Waals surface area contributed by atoms with Gasteiger partial charge in [0.05, 0.1) is 5.92 Å². The van der Waals surface area contributed by atoms with Gasteiger partial charge in [-0.2, -0.15) is 0 Å². The second-order valence-corrected chi connectivity index (χ2v) is 14.2. The predicted octanol–water partition coefficient (Wildman–Crippen LogP) is 12.9. The average Bonchev–Trinajstić information content (AvgIpc) is 3.86. The molecule has 1 aliphatic carbocycles. The van der Waals surface area contributed by atoms with Crippen LogP contribution in [-0.4, -0.2) is 0 Å². The Labute approximate surface area is 286 Å². The highest BCUT2D eigenvalue weighted by Crippen LogP contribution is 2.55. The SMILES string of the molecule is C1=C(c2ccccc2)OC2=Cc3oc4ccccc4c3C(c3c4ccccc4c(-c4ccc5c(c4)sc4ccccc45)c4ccccc34)C12. The molecule has 2 unspecified atom stereocenters. The molecule has 11 rings (SSSR count). The Bertz CT molecular complexity index is 2810. The monoisotopic (exact) mass is 644 g/mol. The number of ether oxygens (including phenoxy) is 1. The van der Waals surface area contributed by atoms with Gasteiger partial charge in [-0.15, -0.1) is 11.3 Å². The van der Waals surface area contributed by atoms with E-state index in [1.54, 1.807) is 0 Å². The molecule has 1 aliphatic heterocycles. The molecule has 0 bridgehead atoms. The second-order valence-electron chi connectivity index (χ2n) is 13.1. The summed E-state index contributed by atoms with van der Waals surface area (Å²) in [5.74, 6) is 2.71. The van der Waals surface area contributed by atoms with Gasteiger partial charge in [0.2, 0.25) is 0 Å². The number of fused-ring (bicyclic) bond motifs is 9. The van der Waals surface area contributed by atoms with E-state index in [-0.39, 0.29) is 11.8 Å². The fraction of sp³-hybridized carbons (Fsp3) is 0.0435. The Morgan fingerprint density at radius 1 is 0.490 bits per heavy atom. The van der Waals surface area contributed by atoms with Gasteiger partial charge in [0.1, 0.15) is 22.9 Å². The second kappa shape index (κ2) is 10.3. The first kappa shape index (κ1) is 27.1. The van der Waals surface area contributed by atoms with Gasteiger partial charge in [0, 0.05) is 48.7 Å². The molecule has 0 saturated carbocycles. The maximum Gasteiger partial charge on any atom is 0.135 e. The highest BCUT2D eigenvalue weighted by Gasteiger charge is 2.42. The number of hydrogen-bond donors (Lipinski definition) is 0.